The molecule has 0 unspecified atom stereocenters. The summed E-state index contributed by atoms with van der Waals surface area (Å²) in [5.74, 6) is 0.315. The van der Waals surface area contributed by atoms with Crippen molar-refractivity contribution in [3.8, 4) is 22.5 Å². The smallest absolute Gasteiger partial charge is 0.222 e. The largest absolute Gasteiger partial charge is 0.361 e. The Labute approximate surface area is 115 Å². The van der Waals surface area contributed by atoms with Gasteiger partial charge in [-0.05, 0) is 42.0 Å². The van der Waals surface area contributed by atoms with Crippen molar-refractivity contribution in [2.75, 3.05) is 12.4 Å². The molecule has 100 valence electrons. The van der Waals surface area contributed by atoms with Crippen molar-refractivity contribution in [1.82, 2.24) is 15.0 Å². The highest BCUT2D eigenvalue weighted by Crippen LogP contribution is 2.30. The van der Waals surface area contributed by atoms with E-state index >= 15 is 0 Å². The Bertz CT molecular complexity index is 719. The molecule has 2 aromatic heterocycles. The number of hydrogen-bond donors (Lipinski definition) is 2. The maximum atomic E-state index is 13.0. The molecular weight excluding hydrogens is 255 g/mol. The molecule has 0 aliphatic rings. The number of H-pyrrole nitrogens is 1. The van der Waals surface area contributed by atoms with Gasteiger partial charge in [-0.15, -0.1) is 0 Å². The summed E-state index contributed by atoms with van der Waals surface area (Å²) >= 11 is 0. The maximum absolute atomic E-state index is 13.0. The van der Waals surface area contributed by atoms with E-state index in [4.69, 9.17) is 0 Å². The van der Waals surface area contributed by atoms with Crippen molar-refractivity contribution in [2.24, 2.45) is 0 Å². The number of aromatic amines is 1. The van der Waals surface area contributed by atoms with Gasteiger partial charge in [-0.3, -0.25) is 0 Å². The van der Waals surface area contributed by atoms with E-state index in [1.54, 1.807) is 25.4 Å². The second-order valence-corrected chi connectivity index (χ2v) is 4.29. The van der Waals surface area contributed by atoms with Crippen molar-refractivity contribution in [2.45, 2.75) is 0 Å². The summed E-state index contributed by atoms with van der Waals surface area (Å²) in [6, 6.07) is 10.2. The molecule has 20 heavy (non-hydrogen) atoms. The molecule has 0 aliphatic carbocycles. The van der Waals surface area contributed by atoms with Gasteiger partial charge >= 0.3 is 0 Å². The molecule has 0 amide bonds. The summed E-state index contributed by atoms with van der Waals surface area (Å²) in [5.41, 5.74) is 3.59. The molecule has 0 spiro atoms. The molecule has 3 rings (SSSR count). The van der Waals surface area contributed by atoms with Gasteiger partial charge in [0, 0.05) is 25.0 Å². The zero-order chi connectivity index (χ0) is 13.9. The van der Waals surface area contributed by atoms with Gasteiger partial charge in [-0.2, -0.15) is 0 Å². The number of benzene rings is 1. The highest BCUT2D eigenvalue weighted by molar-refractivity contribution is 5.79. The average molecular weight is 268 g/mol. The molecule has 0 aliphatic heterocycles. The van der Waals surface area contributed by atoms with Gasteiger partial charge in [0.2, 0.25) is 5.95 Å². The lowest BCUT2D eigenvalue weighted by molar-refractivity contribution is 0.628. The van der Waals surface area contributed by atoms with Crippen LogP contribution in [0.1, 0.15) is 0 Å². The lowest BCUT2D eigenvalue weighted by Crippen LogP contribution is -1.96. The summed E-state index contributed by atoms with van der Waals surface area (Å²) in [5, 5.41) is 2.91. The van der Waals surface area contributed by atoms with Gasteiger partial charge in [-0.1, -0.05) is 0 Å². The van der Waals surface area contributed by atoms with Crippen LogP contribution in [0.2, 0.25) is 0 Å². The Balaban J connectivity index is 2.07. The van der Waals surface area contributed by atoms with Crippen LogP contribution in [0, 0.1) is 5.82 Å². The Kier molecular flexibility index (Phi) is 3.16. The van der Waals surface area contributed by atoms with Crippen molar-refractivity contribution in [3.63, 3.8) is 0 Å². The van der Waals surface area contributed by atoms with Crippen LogP contribution < -0.4 is 5.32 Å². The zero-order valence-electron chi connectivity index (χ0n) is 10.9. The molecular formula is C15H13FN4. The molecule has 3 aromatic rings. The Morgan fingerprint density at radius 1 is 1.10 bits per heavy atom. The highest BCUT2D eigenvalue weighted by Gasteiger charge is 2.10. The highest BCUT2D eigenvalue weighted by atomic mass is 19.1. The molecule has 0 fully saturated rings. The molecule has 0 atom stereocenters. The second kappa shape index (κ2) is 5.13. The number of aromatic nitrogens is 3. The number of rotatable bonds is 3. The number of nitrogens with zero attached hydrogens (tertiary/aromatic N) is 2. The first-order chi connectivity index (χ1) is 9.78. The zero-order valence-corrected chi connectivity index (χ0v) is 10.9. The first-order valence-electron chi connectivity index (χ1n) is 6.22. The quantitative estimate of drug-likeness (QED) is 0.766. The SMILES string of the molecule is CNc1nccc(-c2cc[nH]c2-c2ccc(F)cc2)n1. The van der Waals surface area contributed by atoms with Crippen LogP contribution in [0.5, 0.6) is 0 Å². The maximum Gasteiger partial charge on any atom is 0.222 e. The summed E-state index contributed by atoms with van der Waals surface area (Å²) in [6.07, 6.45) is 3.55. The number of anilines is 1. The molecule has 2 N–H and O–H groups in total. The molecule has 5 heteroatoms. The topological polar surface area (TPSA) is 53.6 Å². The van der Waals surface area contributed by atoms with Crippen LogP contribution in [-0.4, -0.2) is 22.0 Å². The summed E-state index contributed by atoms with van der Waals surface area (Å²) in [7, 11) is 1.77. The average Bonchev–Trinajstić information content (AvgIpc) is 2.97. The number of hydrogen-bond acceptors (Lipinski definition) is 3. The Morgan fingerprint density at radius 3 is 2.65 bits per heavy atom. The minimum atomic E-state index is -0.249. The molecule has 2 heterocycles. The number of nitrogens with one attached hydrogen (secondary N) is 2. The van der Waals surface area contributed by atoms with Crippen molar-refractivity contribution in [3.05, 3.63) is 54.6 Å². The normalized spacial score (nSPS) is 10.5. The molecule has 1 aromatic carbocycles. The summed E-state index contributed by atoms with van der Waals surface area (Å²) < 4.78 is 13.0. The molecule has 4 nitrogen and oxygen atoms in total. The minimum absolute atomic E-state index is 0.249. The Morgan fingerprint density at radius 2 is 1.90 bits per heavy atom. The predicted molar refractivity (Wildman–Crippen MR) is 76.8 cm³/mol. The van der Waals surface area contributed by atoms with Crippen LogP contribution in [0.25, 0.3) is 22.5 Å². The van der Waals surface area contributed by atoms with E-state index in [-0.39, 0.29) is 5.82 Å². The van der Waals surface area contributed by atoms with E-state index in [1.165, 1.54) is 12.1 Å². The van der Waals surface area contributed by atoms with Gasteiger partial charge in [0.25, 0.3) is 0 Å². The van der Waals surface area contributed by atoms with Crippen molar-refractivity contribution in [1.29, 1.82) is 0 Å². The van der Waals surface area contributed by atoms with Crippen LogP contribution >= 0.6 is 0 Å². The molecule has 0 saturated heterocycles. The third-order valence-electron chi connectivity index (χ3n) is 3.04. The molecule has 0 radical (unpaired) electrons. The first-order valence-corrected chi connectivity index (χ1v) is 6.22. The van der Waals surface area contributed by atoms with Gasteiger partial charge < -0.3 is 10.3 Å². The molecule has 0 saturated carbocycles. The summed E-state index contributed by atoms with van der Waals surface area (Å²) in [6.45, 7) is 0. The fourth-order valence-electron chi connectivity index (χ4n) is 2.07. The lowest BCUT2D eigenvalue weighted by Gasteiger charge is -2.05. The van der Waals surface area contributed by atoms with E-state index in [9.17, 15) is 4.39 Å². The third kappa shape index (κ3) is 2.25. The van der Waals surface area contributed by atoms with Crippen LogP contribution in [0.3, 0.4) is 0 Å². The second-order valence-electron chi connectivity index (χ2n) is 4.29. The predicted octanol–water partition coefficient (Wildman–Crippen LogP) is 3.32. The standard InChI is InChI=1S/C15H13FN4/c1-17-15-19-9-7-13(20-15)12-6-8-18-14(12)10-2-4-11(16)5-3-10/h2-9,18H,1H3,(H,17,19,20). The lowest BCUT2D eigenvalue weighted by atomic mass is 10.1. The molecule has 0 bridgehead atoms. The van der Waals surface area contributed by atoms with Gasteiger partial charge in [0.15, 0.2) is 0 Å². The van der Waals surface area contributed by atoms with Gasteiger partial charge in [-0.25, -0.2) is 14.4 Å². The van der Waals surface area contributed by atoms with E-state index in [1.807, 2.05) is 18.3 Å². The Hall–Kier alpha value is -2.69. The van der Waals surface area contributed by atoms with Crippen molar-refractivity contribution >= 4 is 5.95 Å². The van der Waals surface area contributed by atoms with E-state index in [0.717, 1.165) is 22.5 Å². The van der Waals surface area contributed by atoms with Gasteiger partial charge in [0.1, 0.15) is 5.82 Å². The fourth-order valence-corrected chi connectivity index (χ4v) is 2.07. The van der Waals surface area contributed by atoms with E-state index < -0.39 is 0 Å². The monoisotopic (exact) mass is 268 g/mol. The fraction of sp³-hybridized carbons (Fsp3) is 0.0667. The minimum Gasteiger partial charge on any atom is -0.361 e. The van der Waals surface area contributed by atoms with Crippen LogP contribution in [-0.2, 0) is 0 Å². The summed E-state index contributed by atoms with van der Waals surface area (Å²) in [4.78, 5) is 11.7. The first kappa shape index (κ1) is 12.3. The number of halogens is 1. The van der Waals surface area contributed by atoms with E-state index in [0.29, 0.717) is 5.95 Å². The third-order valence-corrected chi connectivity index (χ3v) is 3.04. The van der Waals surface area contributed by atoms with Crippen LogP contribution in [0.4, 0.5) is 10.3 Å². The van der Waals surface area contributed by atoms with Crippen LogP contribution in [0.15, 0.2) is 48.8 Å². The van der Waals surface area contributed by atoms with Gasteiger partial charge in [0.05, 0.1) is 11.4 Å². The van der Waals surface area contributed by atoms with Crippen molar-refractivity contribution < 1.29 is 4.39 Å². The van der Waals surface area contributed by atoms with E-state index in [2.05, 4.69) is 20.3 Å².